The summed E-state index contributed by atoms with van der Waals surface area (Å²) in [6.07, 6.45) is 0.478. The molecule has 0 bridgehead atoms. The first kappa shape index (κ1) is 9.27. The van der Waals surface area contributed by atoms with Crippen molar-refractivity contribution in [2.75, 3.05) is 0 Å². The molecule has 0 heterocycles. The molecule has 0 saturated heterocycles. The van der Waals surface area contributed by atoms with E-state index in [0.717, 1.165) is 12.0 Å². The third-order valence-corrected chi connectivity index (χ3v) is 2.02. The molecule has 0 aromatic heterocycles. The molecule has 0 unspecified atom stereocenters. The van der Waals surface area contributed by atoms with Crippen molar-refractivity contribution in [3.8, 4) is 0 Å². The van der Waals surface area contributed by atoms with Crippen molar-refractivity contribution in [3.63, 3.8) is 0 Å². The maximum Gasteiger partial charge on any atom is 0.0787 e. The highest BCUT2D eigenvalue weighted by Gasteiger charge is 2.04. The Morgan fingerprint density at radius 1 is 1.17 bits per heavy atom. The van der Waals surface area contributed by atoms with Gasteiger partial charge in [-0.25, -0.2) is 0 Å². The molecule has 66 valence electrons. The second-order valence-electron chi connectivity index (χ2n) is 3.35. The lowest BCUT2D eigenvalue weighted by Crippen LogP contribution is -1.96. The van der Waals surface area contributed by atoms with Crippen molar-refractivity contribution in [2.24, 2.45) is 0 Å². The summed E-state index contributed by atoms with van der Waals surface area (Å²) in [6, 6.07) is 6.20. The number of aryl methyl sites for hydroxylation is 2. The highest BCUT2D eigenvalue weighted by molar-refractivity contribution is 5.29. The minimum Gasteiger partial charge on any atom is -0.388 e. The van der Waals surface area contributed by atoms with E-state index >= 15 is 0 Å². The summed E-state index contributed by atoms with van der Waals surface area (Å²) >= 11 is 0. The zero-order valence-corrected chi connectivity index (χ0v) is 7.96. The summed E-state index contributed by atoms with van der Waals surface area (Å²) in [5.74, 6) is 0. The van der Waals surface area contributed by atoms with Gasteiger partial charge in [-0.05, 0) is 25.8 Å². The van der Waals surface area contributed by atoms with Crippen LogP contribution in [0.2, 0.25) is 0 Å². The van der Waals surface area contributed by atoms with Crippen LogP contribution >= 0.6 is 0 Å². The van der Waals surface area contributed by atoms with Gasteiger partial charge >= 0.3 is 0 Å². The Morgan fingerprint density at radius 3 is 2.08 bits per heavy atom. The van der Waals surface area contributed by atoms with Crippen molar-refractivity contribution < 1.29 is 5.11 Å². The lowest BCUT2D eigenvalue weighted by Gasteiger charge is -2.09. The van der Waals surface area contributed by atoms with Gasteiger partial charge in [-0.15, -0.1) is 0 Å². The zero-order valence-electron chi connectivity index (χ0n) is 7.96. The summed E-state index contributed by atoms with van der Waals surface area (Å²) < 4.78 is 0. The van der Waals surface area contributed by atoms with Gasteiger partial charge in [-0.3, -0.25) is 0 Å². The van der Waals surface area contributed by atoms with Crippen molar-refractivity contribution in [1.29, 1.82) is 0 Å². The SMILES string of the molecule is CC[C@@H](O)c1cc(C)cc(C)c1. The highest BCUT2D eigenvalue weighted by Crippen LogP contribution is 2.18. The second kappa shape index (κ2) is 3.72. The summed E-state index contributed by atoms with van der Waals surface area (Å²) in [4.78, 5) is 0. The fourth-order valence-corrected chi connectivity index (χ4v) is 1.44. The summed E-state index contributed by atoms with van der Waals surface area (Å²) in [5.41, 5.74) is 3.48. The van der Waals surface area contributed by atoms with E-state index in [2.05, 4.69) is 19.9 Å². The summed E-state index contributed by atoms with van der Waals surface area (Å²) in [5, 5.41) is 9.58. The van der Waals surface area contributed by atoms with Gasteiger partial charge in [0.25, 0.3) is 0 Å². The molecule has 0 aliphatic heterocycles. The molecular formula is C11H16O. The Balaban J connectivity index is 3.00. The molecule has 1 N–H and O–H groups in total. The van der Waals surface area contributed by atoms with Crippen LogP contribution in [0.15, 0.2) is 18.2 Å². The van der Waals surface area contributed by atoms with Crippen LogP contribution in [-0.4, -0.2) is 5.11 Å². The topological polar surface area (TPSA) is 20.2 Å². The molecule has 1 rings (SSSR count). The van der Waals surface area contributed by atoms with Crippen molar-refractivity contribution in [2.45, 2.75) is 33.3 Å². The largest absolute Gasteiger partial charge is 0.388 e. The average molecular weight is 164 g/mol. The first-order chi connectivity index (χ1) is 5.63. The Hall–Kier alpha value is -0.820. The number of hydrogen-bond donors (Lipinski definition) is 1. The van der Waals surface area contributed by atoms with Gasteiger partial charge in [0.05, 0.1) is 6.10 Å². The van der Waals surface area contributed by atoms with Gasteiger partial charge in [0.15, 0.2) is 0 Å². The van der Waals surface area contributed by atoms with Gasteiger partial charge in [-0.1, -0.05) is 36.2 Å². The van der Waals surface area contributed by atoms with Crippen LogP contribution in [0.4, 0.5) is 0 Å². The van der Waals surface area contributed by atoms with Crippen LogP contribution in [0.25, 0.3) is 0 Å². The fraction of sp³-hybridized carbons (Fsp3) is 0.455. The molecular weight excluding hydrogens is 148 g/mol. The predicted octanol–water partition coefficient (Wildman–Crippen LogP) is 2.75. The zero-order chi connectivity index (χ0) is 9.14. The predicted molar refractivity (Wildman–Crippen MR) is 51.2 cm³/mol. The van der Waals surface area contributed by atoms with Gasteiger partial charge in [0.2, 0.25) is 0 Å². The van der Waals surface area contributed by atoms with E-state index in [4.69, 9.17) is 0 Å². The third-order valence-electron chi connectivity index (χ3n) is 2.02. The highest BCUT2D eigenvalue weighted by atomic mass is 16.3. The van der Waals surface area contributed by atoms with Crippen LogP contribution in [0.5, 0.6) is 0 Å². The van der Waals surface area contributed by atoms with E-state index < -0.39 is 0 Å². The molecule has 0 radical (unpaired) electrons. The molecule has 0 fully saturated rings. The maximum atomic E-state index is 9.58. The van der Waals surface area contributed by atoms with Crippen molar-refractivity contribution in [3.05, 3.63) is 34.9 Å². The fourth-order valence-electron chi connectivity index (χ4n) is 1.44. The van der Waals surface area contributed by atoms with Crippen LogP contribution < -0.4 is 0 Å². The number of hydrogen-bond acceptors (Lipinski definition) is 1. The molecule has 0 amide bonds. The van der Waals surface area contributed by atoms with Crippen molar-refractivity contribution in [1.82, 2.24) is 0 Å². The van der Waals surface area contributed by atoms with Gasteiger partial charge < -0.3 is 5.11 Å². The molecule has 12 heavy (non-hydrogen) atoms. The molecule has 1 nitrogen and oxygen atoms in total. The molecule has 1 atom stereocenters. The Labute approximate surface area is 74.1 Å². The van der Waals surface area contributed by atoms with E-state index in [-0.39, 0.29) is 6.10 Å². The third kappa shape index (κ3) is 2.08. The van der Waals surface area contributed by atoms with Crippen LogP contribution in [0, 0.1) is 13.8 Å². The standard InChI is InChI=1S/C11H16O/c1-4-11(12)10-6-8(2)5-9(3)7-10/h5-7,11-12H,4H2,1-3H3/t11-/m1/s1. The van der Waals surface area contributed by atoms with Crippen LogP contribution in [-0.2, 0) is 0 Å². The van der Waals surface area contributed by atoms with Crippen LogP contribution in [0.3, 0.4) is 0 Å². The molecule has 1 aromatic carbocycles. The van der Waals surface area contributed by atoms with E-state index in [1.807, 2.05) is 19.1 Å². The van der Waals surface area contributed by atoms with Gasteiger partial charge in [0, 0.05) is 0 Å². The lowest BCUT2D eigenvalue weighted by atomic mass is 10.0. The first-order valence-electron chi connectivity index (χ1n) is 4.39. The average Bonchev–Trinajstić information content (AvgIpc) is 2.01. The smallest absolute Gasteiger partial charge is 0.0787 e. The number of aliphatic hydroxyl groups excluding tert-OH is 1. The maximum absolute atomic E-state index is 9.58. The Morgan fingerprint density at radius 2 is 1.67 bits per heavy atom. The molecule has 0 spiro atoms. The van der Waals surface area contributed by atoms with E-state index in [1.54, 1.807) is 0 Å². The molecule has 0 aliphatic rings. The van der Waals surface area contributed by atoms with Crippen molar-refractivity contribution >= 4 is 0 Å². The number of rotatable bonds is 2. The normalized spacial score (nSPS) is 13.0. The molecule has 1 heteroatoms. The quantitative estimate of drug-likeness (QED) is 0.712. The Kier molecular flexibility index (Phi) is 2.88. The summed E-state index contributed by atoms with van der Waals surface area (Å²) in [6.45, 7) is 6.10. The summed E-state index contributed by atoms with van der Waals surface area (Å²) in [7, 11) is 0. The van der Waals surface area contributed by atoms with Crippen LogP contribution in [0.1, 0.15) is 36.1 Å². The lowest BCUT2D eigenvalue weighted by molar-refractivity contribution is 0.173. The minimum atomic E-state index is -0.302. The van der Waals surface area contributed by atoms with Gasteiger partial charge in [-0.2, -0.15) is 0 Å². The van der Waals surface area contributed by atoms with E-state index in [0.29, 0.717) is 0 Å². The van der Waals surface area contributed by atoms with Gasteiger partial charge in [0.1, 0.15) is 0 Å². The molecule has 0 aliphatic carbocycles. The minimum absolute atomic E-state index is 0.302. The monoisotopic (exact) mass is 164 g/mol. The van der Waals surface area contributed by atoms with E-state index in [1.165, 1.54) is 11.1 Å². The molecule has 1 aromatic rings. The Bertz CT molecular complexity index is 245. The second-order valence-corrected chi connectivity index (χ2v) is 3.35. The number of aliphatic hydroxyl groups is 1. The number of benzene rings is 1. The van der Waals surface area contributed by atoms with E-state index in [9.17, 15) is 5.11 Å². The first-order valence-corrected chi connectivity index (χ1v) is 4.39. The molecule has 0 saturated carbocycles.